The Labute approximate surface area is 107 Å². The van der Waals surface area contributed by atoms with Gasteiger partial charge in [-0.3, -0.25) is 4.79 Å². The molecule has 0 saturated heterocycles. The first-order valence-corrected chi connectivity index (χ1v) is 6.25. The van der Waals surface area contributed by atoms with Crippen molar-refractivity contribution in [3.63, 3.8) is 0 Å². The van der Waals surface area contributed by atoms with E-state index in [1.165, 1.54) is 4.68 Å². The molecule has 0 radical (unpaired) electrons. The van der Waals surface area contributed by atoms with Gasteiger partial charge in [-0.2, -0.15) is 5.10 Å². The van der Waals surface area contributed by atoms with Crippen molar-refractivity contribution >= 4 is 5.69 Å². The van der Waals surface area contributed by atoms with Gasteiger partial charge in [-0.05, 0) is 6.42 Å². The smallest absolute Gasteiger partial charge is 0.268 e. The van der Waals surface area contributed by atoms with Gasteiger partial charge in [0.2, 0.25) is 0 Å². The normalized spacial score (nSPS) is 10.6. The Bertz CT molecular complexity index is 405. The molecule has 1 heterocycles. The Hall–Kier alpha value is -1.40. The van der Waals surface area contributed by atoms with Gasteiger partial charge in [-0.15, -0.1) is 0 Å². The molecule has 2 N–H and O–H groups in total. The Kier molecular flexibility index (Phi) is 6.38. The first-order chi connectivity index (χ1) is 8.69. The molecule has 6 nitrogen and oxygen atoms in total. The van der Waals surface area contributed by atoms with Crippen LogP contribution in [0, 0.1) is 0 Å². The highest BCUT2D eigenvalue weighted by Gasteiger charge is 2.03. The zero-order valence-corrected chi connectivity index (χ0v) is 11.1. The van der Waals surface area contributed by atoms with Gasteiger partial charge in [-0.25, -0.2) is 4.68 Å². The van der Waals surface area contributed by atoms with Crippen molar-refractivity contribution in [1.29, 1.82) is 0 Å². The van der Waals surface area contributed by atoms with Gasteiger partial charge >= 0.3 is 0 Å². The summed E-state index contributed by atoms with van der Waals surface area (Å²) >= 11 is 0. The van der Waals surface area contributed by atoms with Crippen molar-refractivity contribution in [2.45, 2.75) is 19.9 Å². The molecule has 0 aliphatic heterocycles. The molecule has 0 spiro atoms. The van der Waals surface area contributed by atoms with Gasteiger partial charge in [0.05, 0.1) is 25.0 Å². The second-order valence-electron chi connectivity index (χ2n) is 4.10. The number of rotatable bonds is 8. The highest BCUT2D eigenvalue weighted by molar-refractivity contribution is 5.41. The third-order valence-corrected chi connectivity index (χ3v) is 2.56. The van der Waals surface area contributed by atoms with Crippen molar-refractivity contribution in [3.05, 3.63) is 22.6 Å². The molecule has 0 fully saturated rings. The Morgan fingerprint density at radius 3 is 2.89 bits per heavy atom. The van der Waals surface area contributed by atoms with E-state index in [2.05, 4.69) is 5.10 Å². The zero-order chi connectivity index (χ0) is 13.4. The maximum absolute atomic E-state index is 11.8. The molecule has 18 heavy (non-hydrogen) atoms. The zero-order valence-electron chi connectivity index (χ0n) is 11.1. The van der Waals surface area contributed by atoms with Crippen LogP contribution in [0.2, 0.25) is 0 Å². The standard InChI is InChI=1S/C12H22N4O2/c1-3-7-18-8-6-16-12(17)9-11(10-14-16)15(2)5-4-13/h9-10H,3-8,13H2,1-2H3. The topological polar surface area (TPSA) is 73.4 Å². The second-order valence-corrected chi connectivity index (χ2v) is 4.10. The summed E-state index contributed by atoms with van der Waals surface area (Å²) in [6.07, 6.45) is 2.65. The first kappa shape index (κ1) is 14.7. The summed E-state index contributed by atoms with van der Waals surface area (Å²) in [7, 11) is 1.89. The van der Waals surface area contributed by atoms with Crippen LogP contribution in [0.5, 0.6) is 0 Å². The lowest BCUT2D eigenvalue weighted by Crippen LogP contribution is -2.29. The Morgan fingerprint density at radius 2 is 2.28 bits per heavy atom. The highest BCUT2D eigenvalue weighted by Crippen LogP contribution is 2.05. The fourth-order valence-electron chi connectivity index (χ4n) is 1.52. The molecular formula is C12H22N4O2. The molecule has 0 amide bonds. The predicted octanol–water partition coefficient (Wildman–Crippen LogP) is 0.0648. The number of nitrogens with two attached hydrogens (primary N) is 1. The minimum absolute atomic E-state index is 0.114. The minimum atomic E-state index is -0.114. The van der Waals surface area contributed by atoms with Crippen LogP contribution in [0.1, 0.15) is 13.3 Å². The SMILES string of the molecule is CCCOCCn1ncc(N(C)CCN)cc1=O. The van der Waals surface area contributed by atoms with Crippen molar-refractivity contribution in [2.75, 3.05) is 38.3 Å². The molecule has 0 aliphatic rings. The van der Waals surface area contributed by atoms with Gasteiger partial charge < -0.3 is 15.4 Å². The van der Waals surface area contributed by atoms with Crippen molar-refractivity contribution in [1.82, 2.24) is 9.78 Å². The van der Waals surface area contributed by atoms with Crippen LogP contribution >= 0.6 is 0 Å². The maximum Gasteiger partial charge on any atom is 0.268 e. The molecule has 1 aromatic heterocycles. The fourth-order valence-corrected chi connectivity index (χ4v) is 1.52. The second kappa shape index (κ2) is 7.84. The average molecular weight is 254 g/mol. The van der Waals surface area contributed by atoms with Crippen LogP contribution < -0.4 is 16.2 Å². The van der Waals surface area contributed by atoms with Crippen molar-refractivity contribution < 1.29 is 4.74 Å². The quantitative estimate of drug-likeness (QED) is 0.664. The molecule has 6 heteroatoms. The lowest BCUT2D eigenvalue weighted by atomic mass is 10.4. The van der Waals surface area contributed by atoms with E-state index >= 15 is 0 Å². The van der Waals surface area contributed by atoms with Gasteiger partial charge in [0.15, 0.2) is 0 Å². The average Bonchev–Trinajstić information content (AvgIpc) is 2.36. The first-order valence-electron chi connectivity index (χ1n) is 6.25. The number of aromatic nitrogens is 2. The van der Waals surface area contributed by atoms with E-state index in [1.54, 1.807) is 12.3 Å². The van der Waals surface area contributed by atoms with Crippen molar-refractivity contribution in [2.24, 2.45) is 5.73 Å². The summed E-state index contributed by atoms with van der Waals surface area (Å²) in [5.74, 6) is 0. The van der Waals surface area contributed by atoms with Crippen LogP contribution in [-0.4, -0.2) is 43.1 Å². The lowest BCUT2D eigenvalue weighted by Gasteiger charge is -2.17. The highest BCUT2D eigenvalue weighted by atomic mass is 16.5. The number of nitrogens with zero attached hydrogens (tertiary/aromatic N) is 3. The minimum Gasteiger partial charge on any atom is -0.380 e. The van der Waals surface area contributed by atoms with Crippen molar-refractivity contribution in [3.8, 4) is 0 Å². The van der Waals surface area contributed by atoms with Crippen LogP contribution in [-0.2, 0) is 11.3 Å². The fraction of sp³-hybridized carbons (Fsp3) is 0.667. The molecule has 0 bridgehead atoms. The molecule has 0 aromatic carbocycles. The number of hydrogen-bond acceptors (Lipinski definition) is 5. The maximum atomic E-state index is 11.8. The molecular weight excluding hydrogens is 232 g/mol. The number of likely N-dealkylation sites (N-methyl/N-ethyl adjacent to an activating group) is 1. The van der Waals surface area contributed by atoms with Crippen LogP contribution in [0.15, 0.2) is 17.1 Å². The number of ether oxygens (including phenoxy) is 1. The van der Waals surface area contributed by atoms with Crippen LogP contribution in [0.3, 0.4) is 0 Å². The molecule has 1 aromatic rings. The molecule has 0 unspecified atom stereocenters. The molecule has 0 saturated carbocycles. The van der Waals surface area contributed by atoms with E-state index in [0.29, 0.717) is 32.8 Å². The van der Waals surface area contributed by atoms with Gasteiger partial charge in [-0.1, -0.05) is 6.92 Å². The van der Waals surface area contributed by atoms with E-state index in [0.717, 1.165) is 12.1 Å². The van der Waals surface area contributed by atoms with Crippen LogP contribution in [0.25, 0.3) is 0 Å². The Balaban J connectivity index is 2.59. The molecule has 0 atom stereocenters. The van der Waals surface area contributed by atoms with Gasteiger partial charge in [0, 0.05) is 32.8 Å². The summed E-state index contributed by atoms with van der Waals surface area (Å²) in [5, 5.41) is 4.12. The van der Waals surface area contributed by atoms with E-state index in [-0.39, 0.29) is 5.56 Å². The summed E-state index contributed by atoms with van der Waals surface area (Å²) < 4.78 is 6.74. The summed E-state index contributed by atoms with van der Waals surface area (Å²) in [5.41, 5.74) is 6.14. The van der Waals surface area contributed by atoms with Gasteiger partial charge in [0.1, 0.15) is 0 Å². The number of anilines is 1. The summed E-state index contributed by atoms with van der Waals surface area (Å²) in [6.45, 7) is 5.01. The summed E-state index contributed by atoms with van der Waals surface area (Å²) in [6, 6.07) is 1.57. The summed E-state index contributed by atoms with van der Waals surface area (Å²) in [4.78, 5) is 13.7. The molecule has 1 rings (SSSR count). The van der Waals surface area contributed by atoms with Gasteiger partial charge in [0.25, 0.3) is 5.56 Å². The third-order valence-electron chi connectivity index (χ3n) is 2.56. The monoisotopic (exact) mass is 254 g/mol. The number of hydrogen-bond donors (Lipinski definition) is 1. The van der Waals surface area contributed by atoms with E-state index in [4.69, 9.17) is 10.5 Å². The largest absolute Gasteiger partial charge is 0.380 e. The molecule has 102 valence electrons. The van der Waals surface area contributed by atoms with E-state index in [9.17, 15) is 4.79 Å². The van der Waals surface area contributed by atoms with E-state index < -0.39 is 0 Å². The third kappa shape index (κ3) is 4.46. The van der Waals surface area contributed by atoms with E-state index in [1.807, 2.05) is 18.9 Å². The van der Waals surface area contributed by atoms with Crippen LogP contribution in [0.4, 0.5) is 5.69 Å². The molecule has 0 aliphatic carbocycles. The lowest BCUT2D eigenvalue weighted by molar-refractivity contribution is 0.123. The Morgan fingerprint density at radius 1 is 1.50 bits per heavy atom. The predicted molar refractivity (Wildman–Crippen MR) is 71.9 cm³/mol.